The fourth-order valence-corrected chi connectivity index (χ4v) is 4.80. The summed E-state index contributed by atoms with van der Waals surface area (Å²) in [6.45, 7) is 7.05. The lowest BCUT2D eigenvalue weighted by Crippen LogP contribution is -2.66. The molecule has 158 valence electrons. The minimum atomic E-state index is -0.974. The number of hydrogen-bond donors (Lipinski definition) is 0. The van der Waals surface area contributed by atoms with E-state index in [1.165, 1.54) is 0 Å². The van der Waals surface area contributed by atoms with Crippen LogP contribution in [0.2, 0.25) is 0 Å². The molecule has 3 nitrogen and oxygen atoms in total. The van der Waals surface area contributed by atoms with Crippen molar-refractivity contribution < 1.29 is 9.47 Å². The first-order chi connectivity index (χ1) is 15.0. The van der Waals surface area contributed by atoms with E-state index in [2.05, 4.69) is 75.4 Å². The lowest BCUT2D eigenvalue weighted by molar-refractivity contribution is -0.376. The summed E-state index contributed by atoms with van der Waals surface area (Å²) in [6.07, 6.45) is 0.934. The predicted octanol–water partition coefficient (Wildman–Crippen LogP) is 6.18. The standard InChI is InChI=1S/C28H29NO2/c1-21(2)18-22(3)31-28(26-16-14-23(19-29)15-17-26)27(20-30-28,24-10-6-4-7-11-24)25-12-8-5-9-13-25/h4-17,21-22H,18,20H2,1-3H3/t22-,28-/m0/s1. The van der Waals surface area contributed by atoms with Crippen LogP contribution in [0.3, 0.4) is 0 Å². The van der Waals surface area contributed by atoms with Crippen LogP contribution in [0.15, 0.2) is 84.9 Å². The van der Waals surface area contributed by atoms with E-state index in [4.69, 9.17) is 9.47 Å². The van der Waals surface area contributed by atoms with Gasteiger partial charge in [-0.3, -0.25) is 0 Å². The van der Waals surface area contributed by atoms with Gasteiger partial charge >= 0.3 is 0 Å². The van der Waals surface area contributed by atoms with Gasteiger partial charge in [-0.05, 0) is 42.5 Å². The smallest absolute Gasteiger partial charge is 0.211 e. The van der Waals surface area contributed by atoms with Gasteiger partial charge in [-0.25, -0.2) is 0 Å². The molecule has 0 radical (unpaired) electrons. The third-order valence-electron chi connectivity index (χ3n) is 6.15. The Kier molecular flexibility index (Phi) is 5.96. The molecule has 0 aromatic heterocycles. The van der Waals surface area contributed by atoms with Crippen LogP contribution >= 0.6 is 0 Å². The number of hydrogen-bond acceptors (Lipinski definition) is 3. The molecular formula is C28H29NO2. The zero-order valence-corrected chi connectivity index (χ0v) is 18.4. The molecule has 3 heteroatoms. The Balaban J connectivity index is 1.92. The van der Waals surface area contributed by atoms with Gasteiger partial charge in [0.05, 0.1) is 24.3 Å². The Hall–Kier alpha value is -2.93. The Bertz CT molecular complexity index is 998. The molecule has 0 saturated carbocycles. The lowest BCUT2D eigenvalue weighted by atomic mass is 9.62. The van der Waals surface area contributed by atoms with E-state index in [1.54, 1.807) is 0 Å². The van der Waals surface area contributed by atoms with Crippen molar-refractivity contribution in [1.29, 1.82) is 5.26 Å². The van der Waals surface area contributed by atoms with Crippen molar-refractivity contribution in [3.8, 4) is 6.07 Å². The zero-order valence-electron chi connectivity index (χ0n) is 18.4. The molecule has 3 aromatic carbocycles. The van der Waals surface area contributed by atoms with Crippen LogP contribution in [-0.4, -0.2) is 12.7 Å². The molecule has 1 aliphatic rings. The zero-order chi connectivity index (χ0) is 21.9. The van der Waals surface area contributed by atoms with Gasteiger partial charge < -0.3 is 9.47 Å². The first kappa shape index (κ1) is 21.3. The van der Waals surface area contributed by atoms with Crippen molar-refractivity contribution in [3.05, 3.63) is 107 Å². The second-order valence-corrected chi connectivity index (χ2v) is 8.79. The predicted molar refractivity (Wildman–Crippen MR) is 122 cm³/mol. The molecular weight excluding hydrogens is 382 g/mol. The van der Waals surface area contributed by atoms with Gasteiger partial charge in [-0.15, -0.1) is 0 Å². The second-order valence-electron chi connectivity index (χ2n) is 8.79. The highest BCUT2D eigenvalue weighted by molar-refractivity contribution is 5.49. The minimum Gasteiger partial charge on any atom is -0.343 e. The van der Waals surface area contributed by atoms with Crippen LogP contribution in [0.1, 0.15) is 49.4 Å². The first-order valence-electron chi connectivity index (χ1n) is 11.0. The summed E-state index contributed by atoms with van der Waals surface area (Å²) < 4.78 is 13.3. The van der Waals surface area contributed by atoms with Crippen molar-refractivity contribution in [2.75, 3.05) is 6.61 Å². The van der Waals surface area contributed by atoms with Gasteiger partial charge in [0, 0.05) is 5.56 Å². The minimum absolute atomic E-state index is 0.00254. The third kappa shape index (κ3) is 3.67. The summed E-state index contributed by atoms with van der Waals surface area (Å²) in [5.41, 5.74) is 3.39. The van der Waals surface area contributed by atoms with Gasteiger partial charge in [-0.1, -0.05) is 86.6 Å². The Morgan fingerprint density at radius 3 is 1.81 bits per heavy atom. The summed E-state index contributed by atoms with van der Waals surface area (Å²) in [6, 6.07) is 30.8. The summed E-state index contributed by atoms with van der Waals surface area (Å²) in [7, 11) is 0. The summed E-state index contributed by atoms with van der Waals surface area (Å²) in [5.74, 6) is -0.464. The average Bonchev–Trinajstić information content (AvgIpc) is 2.78. The van der Waals surface area contributed by atoms with Gasteiger partial charge in [0.15, 0.2) is 0 Å². The Morgan fingerprint density at radius 2 is 1.39 bits per heavy atom. The van der Waals surface area contributed by atoms with E-state index in [0.29, 0.717) is 18.1 Å². The van der Waals surface area contributed by atoms with E-state index in [1.807, 2.05) is 36.4 Å². The molecule has 0 N–H and O–H groups in total. The summed E-state index contributed by atoms with van der Waals surface area (Å²) >= 11 is 0. The van der Waals surface area contributed by atoms with Crippen molar-refractivity contribution >= 4 is 0 Å². The normalized spacial score (nSPS) is 20.6. The maximum atomic E-state index is 9.29. The first-order valence-corrected chi connectivity index (χ1v) is 11.0. The van der Waals surface area contributed by atoms with Crippen LogP contribution in [0.25, 0.3) is 0 Å². The molecule has 2 atom stereocenters. The molecule has 1 saturated heterocycles. The fraction of sp³-hybridized carbons (Fsp3) is 0.321. The van der Waals surface area contributed by atoms with Crippen molar-refractivity contribution in [3.63, 3.8) is 0 Å². The Labute approximate surface area is 185 Å². The largest absolute Gasteiger partial charge is 0.343 e. The molecule has 1 fully saturated rings. The molecule has 4 rings (SSSR count). The summed E-state index contributed by atoms with van der Waals surface area (Å²) in [4.78, 5) is 0. The molecule has 0 aliphatic carbocycles. The molecule has 3 aromatic rings. The topological polar surface area (TPSA) is 42.2 Å². The number of nitrogens with zero attached hydrogens (tertiary/aromatic N) is 1. The van der Waals surface area contributed by atoms with Crippen molar-refractivity contribution in [2.24, 2.45) is 5.92 Å². The van der Waals surface area contributed by atoms with E-state index < -0.39 is 11.2 Å². The third-order valence-corrected chi connectivity index (χ3v) is 6.15. The SMILES string of the molecule is CC(C)C[C@H](C)O[C@]1(c2ccc(C#N)cc2)OCC1(c1ccccc1)c1ccccc1. The molecule has 0 spiro atoms. The highest BCUT2D eigenvalue weighted by Crippen LogP contribution is 2.58. The van der Waals surface area contributed by atoms with E-state index in [9.17, 15) is 5.26 Å². The van der Waals surface area contributed by atoms with Crippen LogP contribution < -0.4 is 0 Å². The van der Waals surface area contributed by atoms with Crippen LogP contribution in [0.5, 0.6) is 0 Å². The molecule has 1 heterocycles. The van der Waals surface area contributed by atoms with Crippen molar-refractivity contribution in [2.45, 2.75) is 44.5 Å². The number of ether oxygens (including phenoxy) is 2. The molecule has 31 heavy (non-hydrogen) atoms. The van der Waals surface area contributed by atoms with Gasteiger partial charge in [0.25, 0.3) is 0 Å². The van der Waals surface area contributed by atoms with E-state index in [0.717, 1.165) is 23.1 Å². The lowest BCUT2D eigenvalue weighted by Gasteiger charge is -2.59. The van der Waals surface area contributed by atoms with Crippen LogP contribution in [0.4, 0.5) is 0 Å². The maximum Gasteiger partial charge on any atom is 0.211 e. The maximum absolute atomic E-state index is 9.29. The van der Waals surface area contributed by atoms with Crippen molar-refractivity contribution in [1.82, 2.24) is 0 Å². The molecule has 0 unspecified atom stereocenters. The number of nitriles is 1. The van der Waals surface area contributed by atoms with E-state index in [-0.39, 0.29) is 6.10 Å². The number of rotatable bonds is 7. The van der Waals surface area contributed by atoms with Crippen LogP contribution in [-0.2, 0) is 20.7 Å². The highest BCUT2D eigenvalue weighted by atomic mass is 16.7. The average molecular weight is 412 g/mol. The monoisotopic (exact) mass is 411 g/mol. The molecule has 0 amide bonds. The second kappa shape index (κ2) is 8.67. The molecule has 0 bridgehead atoms. The quantitative estimate of drug-likeness (QED) is 0.466. The fourth-order valence-electron chi connectivity index (χ4n) is 4.80. The number of benzene rings is 3. The molecule has 1 aliphatic heterocycles. The Morgan fingerprint density at radius 1 is 0.839 bits per heavy atom. The van der Waals surface area contributed by atoms with Gasteiger partial charge in [-0.2, -0.15) is 5.26 Å². The van der Waals surface area contributed by atoms with E-state index >= 15 is 0 Å². The van der Waals surface area contributed by atoms with Gasteiger partial charge in [0.2, 0.25) is 5.79 Å². The van der Waals surface area contributed by atoms with Gasteiger partial charge in [0.1, 0.15) is 5.41 Å². The summed E-state index contributed by atoms with van der Waals surface area (Å²) in [5, 5.41) is 9.29. The highest BCUT2D eigenvalue weighted by Gasteiger charge is 2.65. The van der Waals surface area contributed by atoms with Crippen LogP contribution in [0, 0.1) is 17.2 Å².